The second-order valence-electron chi connectivity index (χ2n) is 6.92. The minimum absolute atomic E-state index is 0.0522. The second kappa shape index (κ2) is 7.94. The number of benzene rings is 1. The topological polar surface area (TPSA) is 92.6 Å². The van der Waals surface area contributed by atoms with Gasteiger partial charge < -0.3 is 4.57 Å². The van der Waals surface area contributed by atoms with Crippen LogP contribution in [0.25, 0.3) is 0 Å². The van der Waals surface area contributed by atoms with E-state index in [4.69, 9.17) is 0 Å². The van der Waals surface area contributed by atoms with Crippen LogP contribution < -0.4 is 0 Å². The summed E-state index contributed by atoms with van der Waals surface area (Å²) in [5, 5.41) is -0.110. The Kier molecular flexibility index (Phi) is 6.02. The van der Waals surface area contributed by atoms with Crippen LogP contribution in [0.15, 0.2) is 40.4 Å². The van der Waals surface area contributed by atoms with E-state index in [1.165, 1.54) is 10.5 Å². The van der Waals surface area contributed by atoms with Crippen molar-refractivity contribution < 1.29 is 30.0 Å². The first-order valence-electron chi connectivity index (χ1n) is 9.01. The van der Waals surface area contributed by atoms with Gasteiger partial charge in [-0.05, 0) is 37.6 Å². The van der Waals surface area contributed by atoms with Crippen molar-refractivity contribution in [3.8, 4) is 0 Å². The highest BCUT2D eigenvalue weighted by atomic mass is 32.2. The van der Waals surface area contributed by atoms with Gasteiger partial charge in [0.05, 0.1) is 10.5 Å². The van der Waals surface area contributed by atoms with E-state index in [1.54, 1.807) is 18.5 Å². The molecule has 1 saturated heterocycles. The Balaban J connectivity index is 1.78. The highest BCUT2D eigenvalue weighted by Gasteiger charge is 2.34. The van der Waals surface area contributed by atoms with Gasteiger partial charge in [0.2, 0.25) is 10.0 Å². The van der Waals surface area contributed by atoms with Crippen LogP contribution in [0, 0.1) is 6.92 Å². The quantitative estimate of drug-likeness (QED) is 0.686. The fraction of sp³-hybridized carbons (Fsp3) is 0.471. The van der Waals surface area contributed by atoms with E-state index < -0.39 is 31.8 Å². The number of hydrogen-bond acceptors (Lipinski definition) is 5. The summed E-state index contributed by atoms with van der Waals surface area (Å²) in [6.07, 6.45) is -2.93. The van der Waals surface area contributed by atoms with Gasteiger partial charge in [0.15, 0.2) is 5.03 Å². The molecular weight excluding hydrogens is 445 g/mol. The summed E-state index contributed by atoms with van der Waals surface area (Å²) in [5.74, 6) is 0.523. The largest absolute Gasteiger partial charge is 0.416 e. The van der Waals surface area contributed by atoms with Crippen molar-refractivity contribution in [1.29, 1.82) is 0 Å². The van der Waals surface area contributed by atoms with E-state index in [-0.39, 0.29) is 42.5 Å². The summed E-state index contributed by atoms with van der Waals surface area (Å²) < 4.78 is 93.3. The minimum atomic E-state index is -4.57. The van der Waals surface area contributed by atoms with Gasteiger partial charge >= 0.3 is 6.18 Å². The molecule has 1 fully saturated rings. The molecule has 0 radical (unpaired) electrons. The van der Waals surface area contributed by atoms with Gasteiger partial charge in [0, 0.05) is 39.4 Å². The van der Waals surface area contributed by atoms with Crippen LogP contribution in [-0.4, -0.2) is 61.2 Å². The third-order valence-electron chi connectivity index (χ3n) is 4.92. The lowest BCUT2D eigenvalue weighted by atomic mass is 10.2. The number of hydrogen-bond donors (Lipinski definition) is 0. The molecule has 1 aliphatic heterocycles. The highest BCUT2D eigenvalue weighted by Crippen LogP contribution is 2.30. The normalized spacial score (nSPS) is 17.8. The molecule has 1 aliphatic rings. The standard InChI is InChI=1S/C17H21F3N4O4S2/c1-13-21-16(12-22(13)2)30(27,28)24-9-3-8-23(10-11-24)29(25,26)15-6-4-14(5-7-15)17(18,19)20/h4-7,12H,3,8-11H2,1-2H3. The lowest BCUT2D eigenvalue weighted by Crippen LogP contribution is -2.37. The number of rotatable bonds is 4. The highest BCUT2D eigenvalue weighted by molar-refractivity contribution is 7.89. The number of alkyl halides is 3. The van der Waals surface area contributed by atoms with E-state index in [2.05, 4.69) is 4.98 Å². The molecule has 0 atom stereocenters. The molecule has 3 rings (SSSR count). The molecule has 0 spiro atoms. The van der Waals surface area contributed by atoms with Crippen LogP contribution in [0.5, 0.6) is 0 Å². The Morgan fingerprint density at radius 3 is 1.90 bits per heavy atom. The first kappa shape index (κ1) is 22.7. The molecule has 2 heterocycles. The average molecular weight is 467 g/mol. The molecule has 0 N–H and O–H groups in total. The smallest absolute Gasteiger partial charge is 0.337 e. The van der Waals surface area contributed by atoms with Gasteiger partial charge in [0.1, 0.15) is 5.82 Å². The molecule has 2 aromatic rings. The van der Waals surface area contributed by atoms with Gasteiger partial charge in [-0.15, -0.1) is 0 Å². The fourth-order valence-corrected chi connectivity index (χ4v) is 6.06. The fourth-order valence-electron chi connectivity index (χ4n) is 3.10. The number of imidazole rings is 1. The van der Waals surface area contributed by atoms with Crippen molar-refractivity contribution in [3.05, 3.63) is 41.9 Å². The van der Waals surface area contributed by atoms with Crippen LogP contribution in [-0.2, 0) is 33.3 Å². The molecule has 166 valence electrons. The van der Waals surface area contributed by atoms with Crippen molar-refractivity contribution in [2.24, 2.45) is 7.05 Å². The zero-order valence-corrected chi connectivity index (χ0v) is 17.9. The summed E-state index contributed by atoms with van der Waals surface area (Å²) in [6.45, 7) is 1.62. The molecular formula is C17H21F3N4O4S2. The number of sulfonamides is 2. The lowest BCUT2D eigenvalue weighted by molar-refractivity contribution is -0.137. The van der Waals surface area contributed by atoms with Crippen LogP contribution >= 0.6 is 0 Å². The summed E-state index contributed by atoms with van der Waals surface area (Å²) in [6, 6.07) is 3.25. The first-order valence-corrected chi connectivity index (χ1v) is 11.9. The Bertz CT molecular complexity index is 1110. The Labute approximate surface area is 173 Å². The molecule has 0 amide bonds. The lowest BCUT2D eigenvalue weighted by Gasteiger charge is -2.21. The van der Waals surface area contributed by atoms with Crippen LogP contribution in [0.4, 0.5) is 13.2 Å². The molecule has 30 heavy (non-hydrogen) atoms. The summed E-state index contributed by atoms with van der Waals surface area (Å²) in [4.78, 5) is 3.77. The SMILES string of the molecule is Cc1nc(S(=O)(=O)N2CCCN(S(=O)(=O)c3ccc(C(F)(F)F)cc3)CC2)cn1C. The van der Waals surface area contributed by atoms with Crippen molar-refractivity contribution in [3.63, 3.8) is 0 Å². The molecule has 0 aliphatic carbocycles. The van der Waals surface area contributed by atoms with Crippen molar-refractivity contribution in [2.75, 3.05) is 26.2 Å². The maximum Gasteiger partial charge on any atom is 0.416 e. The molecule has 8 nitrogen and oxygen atoms in total. The Morgan fingerprint density at radius 1 is 0.900 bits per heavy atom. The monoisotopic (exact) mass is 466 g/mol. The summed E-state index contributed by atoms with van der Waals surface area (Å²) in [7, 11) is -6.28. The molecule has 0 saturated carbocycles. The van der Waals surface area contributed by atoms with E-state index >= 15 is 0 Å². The van der Waals surface area contributed by atoms with Gasteiger partial charge in [-0.25, -0.2) is 21.8 Å². The van der Waals surface area contributed by atoms with Crippen LogP contribution in [0.1, 0.15) is 17.8 Å². The third-order valence-corrected chi connectivity index (χ3v) is 8.61. The molecule has 0 unspecified atom stereocenters. The van der Waals surface area contributed by atoms with Crippen LogP contribution in [0.2, 0.25) is 0 Å². The predicted molar refractivity (Wildman–Crippen MR) is 102 cm³/mol. The second-order valence-corrected chi connectivity index (χ2v) is 10.7. The Hall–Kier alpha value is -1.96. The van der Waals surface area contributed by atoms with Gasteiger partial charge in [0.25, 0.3) is 10.0 Å². The van der Waals surface area contributed by atoms with Crippen molar-refractivity contribution >= 4 is 20.0 Å². The van der Waals surface area contributed by atoms with Gasteiger partial charge in [-0.2, -0.15) is 21.8 Å². The maximum absolute atomic E-state index is 12.8. The minimum Gasteiger partial charge on any atom is -0.337 e. The number of aromatic nitrogens is 2. The van der Waals surface area contributed by atoms with Crippen molar-refractivity contribution in [1.82, 2.24) is 18.2 Å². The van der Waals surface area contributed by atoms with E-state index in [0.29, 0.717) is 18.0 Å². The van der Waals surface area contributed by atoms with E-state index in [9.17, 15) is 30.0 Å². The van der Waals surface area contributed by atoms with Crippen molar-refractivity contribution in [2.45, 2.75) is 29.4 Å². The summed E-state index contributed by atoms with van der Waals surface area (Å²) in [5.41, 5.74) is -0.944. The zero-order chi connectivity index (χ0) is 22.3. The van der Waals surface area contributed by atoms with Gasteiger partial charge in [-0.1, -0.05) is 0 Å². The summed E-state index contributed by atoms with van der Waals surface area (Å²) >= 11 is 0. The first-order chi connectivity index (χ1) is 13.8. The zero-order valence-electron chi connectivity index (χ0n) is 16.3. The van der Waals surface area contributed by atoms with Gasteiger partial charge in [-0.3, -0.25) is 0 Å². The Morgan fingerprint density at radius 2 is 1.43 bits per heavy atom. The molecule has 0 bridgehead atoms. The van der Waals surface area contributed by atoms with Crippen LogP contribution in [0.3, 0.4) is 0 Å². The molecule has 1 aromatic heterocycles. The average Bonchev–Trinajstić information content (AvgIpc) is 2.87. The van der Waals surface area contributed by atoms with E-state index in [1.807, 2.05) is 0 Å². The van der Waals surface area contributed by atoms with E-state index in [0.717, 1.165) is 16.4 Å². The predicted octanol–water partition coefficient (Wildman–Crippen LogP) is 1.83. The number of aryl methyl sites for hydroxylation is 2. The third kappa shape index (κ3) is 4.38. The number of nitrogens with zero attached hydrogens (tertiary/aromatic N) is 4. The molecule has 13 heteroatoms. The maximum atomic E-state index is 12.8. The number of halogens is 3. The molecule has 1 aromatic carbocycles.